The Morgan fingerprint density at radius 1 is 1.50 bits per heavy atom. The fourth-order valence-electron chi connectivity index (χ4n) is 1.61. The van der Waals surface area contributed by atoms with Crippen LogP contribution in [0.25, 0.3) is 0 Å². The Balaban J connectivity index is 1.79. The molecule has 1 heterocycles. The van der Waals surface area contributed by atoms with Crippen molar-refractivity contribution in [1.29, 1.82) is 0 Å². The zero-order chi connectivity index (χ0) is 16.1. The number of halogens is 2. The van der Waals surface area contributed by atoms with E-state index in [9.17, 15) is 9.90 Å². The number of benzene rings is 1. The van der Waals surface area contributed by atoms with Crippen LogP contribution in [-0.4, -0.2) is 35.4 Å². The number of nitrogens with zero attached hydrogens (tertiary/aromatic N) is 1. The molecule has 2 N–H and O–H groups in total. The van der Waals surface area contributed by atoms with Gasteiger partial charge in [0.1, 0.15) is 29.2 Å². The molecule has 0 bridgehead atoms. The Labute approximate surface area is 137 Å². The minimum atomic E-state index is -0.910. The zero-order valence-electron chi connectivity index (χ0n) is 11.7. The summed E-state index contributed by atoms with van der Waals surface area (Å²) in [5.41, 5.74) is 0.156. The number of ether oxygens (including phenoxy) is 1. The molecule has 0 saturated heterocycles. The number of aliphatic hydroxyl groups excluding tert-OH is 1. The lowest BCUT2D eigenvalue weighted by Crippen LogP contribution is -2.35. The van der Waals surface area contributed by atoms with Crippen molar-refractivity contribution in [2.75, 3.05) is 13.2 Å². The second kappa shape index (κ2) is 7.49. The van der Waals surface area contributed by atoms with E-state index in [-0.39, 0.29) is 23.9 Å². The van der Waals surface area contributed by atoms with Gasteiger partial charge in [-0.15, -0.1) is 0 Å². The third kappa shape index (κ3) is 4.37. The van der Waals surface area contributed by atoms with Gasteiger partial charge in [0.15, 0.2) is 5.69 Å². The molecule has 8 heteroatoms. The number of nitrogens with one attached hydrogen (secondary N) is 1. The standard InChI is InChI=1S/C14H14Cl2N2O4/c1-8-5-11(18-22-8)14(20)17-6-9(19)7-21-12-4-2-3-10(15)13(12)16/h2-5,9,19H,6-7H2,1H3,(H,17,20)/t9-/m1/s1. The van der Waals surface area contributed by atoms with Crippen LogP contribution in [0, 0.1) is 6.92 Å². The molecule has 2 aromatic rings. The average molecular weight is 345 g/mol. The third-order valence-corrected chi connectivity index (χ3v) is 3.51. The highest BCUT2D eigenvalue weighted by molar-refractivity contribution is 6.42. The first-order chi connectivity index (χ1) is 10.5. The Morgan fingerprint density at radius 3 is 2.95 bits per heavy atom. The van der Waals surface area contributed by atoms with E-state index in [1.54, 1.807) is 25.1 Å². The number of rotatable bonds is 6. The number of carbonyl (C=O) groups is 1. The van der Waals surface area contributed by atoms with Crippen LogP contribution in [-0.2, 0) is 0 Å². The van der Waals surface area contributed by atoms with E-state index in [1.807, 2.05) is 0 Å². The number of aliphatic hydroxyl groups is 1. The SMILES string of the molecule is Cc1cc(C(=O)NC[C@@H](O)COc2cccc(Cl)c2Cl)no1. The topological polar surface area (TPSA) is 84.6 Å². The summed E-state index contributed by atoms with van der Waals surface area (Å²) in [6.45, 7) is 1.64. The molecule has 0 radical (unpaired) electrons. The maximum atomic E-state index is 11.7. The molecule has 0 aliphatic rings. The summed E-state index contributed by atoms with van der Waals surface area (Å²) in [7, 11) is 0. The van der Waals surface area contributed by atoms with E-state index >= 15 is 0 Å². The number of amides is 1. The summed E-state index contributed by atoms with van der Waals surface area (Å²) < 4.78 is 10.2. The molecule has 2 rings (SSSR count). The number of aryl methyl sites for hydroxylation is 1. The van der Waals surface area contributed by atoms with Crippen LogP contribution in [0.4, 0.5) is 0 Å². The predicted molar refractivity (Wildman–Crippen MR) is 81.5 cm³/mol. The average Bonchev–Trinajstić information content (AvgIpc) is 2.93. The van der Waals surface area contributed by atoms with Crippen LogP contribution in [0.3, 0.4) is 0 Å². The minimum Gasteiger partial charge on any atom is -0.489 e. The molecule has 1 aromatic heterocycles. The lowest BCUT2D eigenvalue weighted by atomic mass is 10.3. The van der Waals surface area contributed by atoms with Gasteiger partial charge in [-0.2, -0.15) is 0 Å². The molecule has 0 unspecified atom stereocenters. The van der Waals surface area contributed by atoms with Crippen LogP contribution >= 0.6 is 23.2 Å². The normalized spacial score (nSPS) is 12.0. The van der Waals surface area contributed by atoms with Crippen molar-refractivity contribution in [1.82, 2.24) is 10.5 Å². The fraction of sp³-hybridized carbons (Fsp3) is 0.286. The summed E-state index contributed by atoms with van der Waals surface area (Å²) in [5.74, 6) is 0.466. The number of hydrogen-bond acceptors (Lipinski definition) is 5. The summed E-state index contributed by atoms with van der Waals surface area (Å²) in [5, 5.41) is 16.6. The maximum absolute atomic E-state index is 11.7. The second-order valence-corrected chi connectivity index (χ2v) is 5.33. The van der Waals surface area contributed by atoms with Crippen molar-refractivity contribution >= 4 is 29.1 Å². The first-order valence-corrected chi connectivity index (χ1v) is 7.19. The molecule has 6 nitrogen and oxygen atoms in total. The van der Waals surface area contributed by atoms with Gasteiger partial charge in [-0.3, -0.25) is 4.79 Å². The van der Waals surface area contributed by atoms with Crippen molar-refractivity contribution < 1.29 is 19.2 Å². The van der Waals surface area contributed by atoms with Crippen molar-refractivity contribution in [2.45, 2.75) is 13.0 Å². The van der Waals surface area contributed by atoms with Gasteiger partial charge in [-0.1, -0.05) is 34.4 Å². The summed E-state index contributed by atoms with van der Waals surface area (Å²) in [4.78, 5) is 11.7. The monoisotopic (exact) mass is 344 g/mol. The van der Waals surface area contributed by atoms with Crippen molar-refractivity contribution in [2.24, 2.45) is 0 Å². The molecule has 1 amide bonds. The number of hydrogen-bond donors (Lipinski definition) is 2. The number of carbonyl (C=O) groups excluding carboxylic acids is 1. The van der Waals surface area contributed by atoms with E-state index in [1.165, 1.54) is 6.07 Å². The first kappa shape index (κ1) is 16.6. The molecule has 118 valence electrons. The van der Waals surface area contributed by atoms with E-state index in [2.05, 4.69) is 10.5 Å². The first-order valence-electron chi connectivity index (χ1n) is 6.43. The highest BCUT2D eigenvalue weighted by Crippen LogP contribution is 2.31. The van der Waals surface area contributed by atoms with E-state index in [0.29, 0.717) is 16.5 Å². The van der Waals surface area contributed by atoms with Crippen LogP contribution in [0.2, 0.25) is 10.0 Å². The quantitative estimate of drug-likeness (QED) is 0.840. The molecule has 0 spiro atoms. The third-order valence-electron chi connectivity index (χ3n) is 2.71. The Hall–Kier alpha value is -1.76. The van der Waals surface area contributed by atoms with Gasteiger partial charge in [0, 0.05) is 12.6 Å². The van der Waals surface area contributed by atoms with Gasteiger partial charge in [0.05, 0.1) is 5.02 Å². The molecule has 0 saturated carbocycles. The smallest absolute Gasteiger partial charge is 0.273 e. The van der Waals surface area contributed by atoms with E-state index < -0.39 is 12.0 Å². The molecule has 0 aliphatic carbocycles. The van der Waals surface area contributed by atoms with Crippen LogP contribution in [0.15, 0.2) is 28.8 Å². The molecular weight excluding hydrogens is 331 g/mol. The van der Waals surface area contributed by atoms with Gasteiger partial charge in [-0.25, -0.2) is 0 Å². The Kier molecular flexibility index (Phi) is 5.65. The molecule has 0 aliphatic heterocycles. The van der Waals surface area contributed by atoms with Gasteiger partial charge < -0.3 is 19.7 Å². The summed E-state index contributed by atoms with van der Waals surface area (Å²) >= 11 is 11.8. The zero-order valence-corrected chi connectivity index (χ0v) is 13.2. The molecule has 1 atom stereocenters. The van der Waals surface area contributed by atoms with Crippen molar-refractivity contribution in [3.05, 3.63) is 45.8 Å². The van der Waals surface area contributed by atoms with E-state index in [0.717, 1.165) is 0 Å². The van der Waals surface area contributed by atoms with Crippen molar-refractivity contribution in [3.8, 4) is 5.75 Å². The second-order valence-electron chi connectivity index (χ2n) is 4.55. The molecule has 1 aromatic carbocycles. The summed E-state index contributed by atoms with van der Waals surface area (Å²) in [6.07, 6.45) is -0.910. The van der Waals surface area contributed by atoms with Crippen LogP contribution in [0.1, 0.15) is 16.2 Å². The van der Waals surface area contributed by atoms with Crippen LogP contribution < -0.4 is 10.1 Å². The van der Waals surface area contributed by atoms with Gasteiger partial charge >= 0.3 is 0 Å². The van der Waals surface area contributed by atoms with Crippen molar-refractivity contribution in [3.63, 3.8) is 0 Å². The number of aromatic nitrogens is 1. The molecular formula is C14H14Cl2N2O4. The predicted octanol–water partition coefficient (Wildman–Crippen LogP) is 2.46. The lowest BCUT2D eigenvalue weighted by Gasteiger charge is -2.14. The summed E-state index contributed by atoms with van der Waals surface area (Å²) in [6, 6.07) is 6.46. The Bertz CT molecular complexity index is 660. The Morgan fingerprint density at radius 2 is 2.27 bits per heavy atom. The van der Waals surface area contributed by atoms with Gasteiger partial charge in [0.2, 0.25) is 0 Å². The minimum absolute atomic E-state index is 0.00290. The lowest BCUT2D eigenvalue weighted by molar-refractivity contribution is 0.0837. The highest BCUT2D eigenvalue weighted by atomic mass is 35.5. The van der Waals surface area contributed by atoms with Gasteiger partial charge in [0.25, 0.3) is 5.91 Å². The fourth-order valence-corrected chi connectivity index (χ4v) is 1.96. The molecule has 22 heavy (non-hydrogen) atoms. The molecule has 0 fully saturated rings. The van der Waals surface area contributed by atoms with E-state index in [4.69, 9.17) is 32.5 Å². The van der Waals surface area contributed by atoms with Gasteiger partial charge in [-0.05, 0) is 19.1 Å². The van der Waals surface area contributed by atoms with Crippen LogP contribution in [0.5, 0.6) is 5.75 Å². The maximum Gasteiger partial charge on any atom is 0.273 e. The highest BCUT2D eigenvalue weighted by Gasteiger charge is 2.14. The largest absolute Gasteiger partial charge is 0.489 e.